The van der Waals surface area contributed by atoms with Gasteiger partial charge in [-0.05, 0) is 30.0 Å². The van der Waals surface area contributed by atoms with Crippen LogP contribution < -0.4 is 5.73 Å². The average molecular weight is 264 g/mol. The molecule has 108 valence electrons. The molecule has 1 unspecified atom stereocenters. The van der Waals surface area contributed by atoms with Crippen molar-refractivity contribution < 1.29 is 5.11 Å². The van der Waals surface area contributed by atoms with Crippen LogP contribution in [-0.4, -0.2) is 42.8 Å². The van der Waals surface area contributed by atoms with E-state index in [0.29, 0.717) is 0 Å². The predicted molar refractivity (Wildman–Crippen MR) is 81.4 cm³/mol. The van der Waals surface area contributed by atoms with Gasteiger partial charge in [-0.2, -0.15) is 0 Å². The molecule has 0 fully saturated rings. The van der Waals surface area contributed by atoms with E-state index in [9.17, 15) is 0 Å². The number of nitrogens with two attached hydrogens (primary N) is 1. The lowest BCUT2D eigenvalue weighted by Crippen LogP contribution is -2.38. The summed E-state index contributed by atoms with van der Waals surface area (Å²) in [6.07, 6.45) is 1.01. The maximum Gasteiger partial charge on any atom is 0.0595 e. The smallest absolute Gasteiger partial charge is 0.0595 e. The molecule has 0 aliphatic rings. The maximum atomic E-state index is 8.92. The Balaban J connectivity index is 2.46. The summed E-state index contributed by atoms with van der Waals surface area (Å²) in [6, 6.07) is 8.71. The Kier molecular flexibility index (Phi) is 5.98. The van der Waals surface area contributed by atoms with Gasteiger partial charge in [0.25, 0.3) is 0 Å². The third kappa shape index (κ3) is 5.72. The average Bonchev–Trinajstić information content (AvgIpc) is 2.35. The second kappa shape index (κ2) is 7.04. The van der Waals surface area contributed by atoms with Crippen LogP contribution in [0.3, 0.4) is 0 Å². The van der Waals surface area contributed by atoms with Gasteiger partial charge in [0.2, 0.25) is 0 Å². The summed E-state index contributed by atoms with van der Waals surface area (Å²) in [4.78, 5) is 2.17. The molecule has 0 saturated carbocycles. The topological polar surface area (TPSA) is 49.5 Å². The quantitative estimate of drug-likeness (QED) is 0.823. The number of benzene rings is 1. The molecule has 1 aromatic carbocycles. The lowest BCUT2D eigenvalue weighted by Gasteiger charge is -2.21. The maximum absolute atomic E-state index is 8.92. The molecular weight excluding hydrogens is 236 g/mol. The number of aliphatic hydroxyl groups is 1. The van der Waals surface area contributed by atoms with E-state index in [0.717, 1.165) is 19.5 Å². The van der Waals surface area contributed by atoms with Gasteiger partial charge in [0, 0.05) is 19.1 Å². The van der Waals surface area contributed by atoms with E-state index in [4.69, 9.17) is 10.8 Å². The molecule has 3 heteroatoms. The summed E-state index contributed by atoms with van der Waals surface area (Å²) in [5, 5.41) is 8.92. The molecule has 1 atom stereocenters. The molecule has 0 aromatic heterocycles. The first-order valence-electron chi connectivity index (χ1n) is 6.97. The van der Waals surface area contributed by atoms with Crippen LogP contribution in [0.4, 0.5) is 0 Å². The van der Waals surface area contributed by atoms with Crippen molar-refractivity contribution in [3.05, 3.63) is 35.4 Å². The molecule has 0 aliphatic carbocycles. The molecule has 0 aliphatic heterocycles. The first-order valence-corrected chi connectivity index (χ1v) is 6.97. The van der Waals surface area contributed by atoms with E-state index in [1.54, 1.807) is 0 Å². The fourth-order valence-electron chi connectivity index (χ4n) is 2.04. The van der Waals surface area contributed by atoms with E-state index in [2.05, 4.69) is 49.9 Å². The van der Waals surface area contributed by atoms with E-state index in [1.807, 2.05) is 7.05 Å². The second-order valence-corrected chi connectivity index (χ2v) is 6.40. The number of nitrogens with zero attached hydrogens (tertiary/aromatic N) is 1. The second-order valence-electron chi connectivity index (χ2n) is 6.40. The number of hydrogen-bond donors (Lipinski definition) is 2. The van der Waals surface area contributed by atoms with Gasteiger partial charge in [0.15, 0.2) is 0 Å². The first-order chi connectivity index (χ1) is 8.82. The Hall–Kier alpha value is -0.900. The van der Waals surface area contributed by atoms with Crippen molar-refractivity contribution in [1.29, 1.82) is 0 Å². The highest BCUT2D eigenvalue weighted by Gasteiger charge is 2.12. The molecule has 0 heterocycles. The van der Waals surface area contributed by atoms with Crippen molar-refractivity contribution in [2.75, 3.05) is 26.7 Å². The Morgan fingerprint density at radius 1 is 1.21 bits per heavy atom. The number of likely N-dealkylation sites (N-methyl/N-ethyl adjacent to an activating group) is 1. The van der Waals surface area contributed by atoms with Crippen LogP contribution in [0.1, 0.15) is 31.9 Å². The van der Waals surface area contributed by atoms with Crippen LogP contribution in [0.25, 0.3) is 0 Å². The number of rotatable bonds is 6. The van der Waals surface area contributed by atoms with Gasteiger partial charge >= 0.3 is 0 Å². The zero-order valence-electron chi connectivity index (χ0n) is 12.7. The Labute approximate surface area is 117 Å². The summed E-state index contributed by atoms with van der Waals surface area (Å²) in [7, 11) is 2.04. The van der Waals surface area contributed by atoms with E-state index < -0.39 is 0 Å². The van der Waals surface area contributed by atoms with Gasteiger partial charge in [-0.25, -0.2) is 0 Å². The number of hydrogen-bond acceptors (Lipinski definition) is 3. The molecule has 1 rings (SSSR count). The minimum atomic E-state index is -0.145. The summed E-state index contributed by atoms with van der Waals surface area (Å²) < 4.78 is 0. The molecule has 0 amide bonds. The predicted octanol–water partition coefficient (Wildman–Crippen LogP) is 1.78. The molecule has 3 nitrogen and oxygen atoms in total. The lowest BCUT2D eigenvalue weighted by molar-refractivity contribution is 0.223. The van der Waals surface area contributed by atoms with Crippen molar-refractivity contribution in [1.82, 2.24) is 4.90 Å². The standard InChI is InChI=1S/C16H28N2O/c1-16(2,3)14-7-5-13(6-8-14)9-10-18(4)11-15(17)12-19/h5-8,15,19H,9-12,17H2,1-4H3. The molecule has 19 heavy (non-hydrogen) atoms. The Morgan fingerprint density at radius 3 is 2.26 bits per heavy atom. The molecule has 1 aromatic rings. The molecule has 0 spiro atoms. The van der Waals surface area contributed by atoms with Crippen molar-refractivity contribution in [3.63, 3.8) is 0 Å². The minimum Gasteiger partial charge on any atom is -0.395 e. The van der Waals surface area contributed by atoms with Gasteiger partial charge in [-0.15, -0.1) is 0 Å². The largest absolute Gasteiger partial charge is 0.395 e. The van der Waals surface area contributed by atoms with Crippen LogP contribution in [0.5, 0.6) is 0 Å². The van der Waals surface area contributed by atoms with E-state index >= 15 is 0 Å². The van der Waals surface area contributed by atoms with Gasteiger partial charge in [0.1, 0.15) is 0 Å². The molecule has 0 bridgehead atoms. The monoisotopic (exact) mass is 264 g/mol. The van der Waals surface area contributed by atoms with Gasteiger partial charge < -0.3 is 15.7 Å². The van der Waals surface area contributed by atoms with Crippen molar-refractivity contribution in [3.8, 4) is 0 Å². The summed E-state index contributed by atoms with van der Waals surface area (Å²) in [5.41, 5.74) is 8.64. The molecule has 3 N–H and O–H groups in total. The van der Waals surface area contributed by atoms with Gasteiger partial charge in [-0.3, -0.25) is 0 Å². The van der Waals surface area contributed by atoms with Crippen LogP contribution >= 0.6 is 0 Å². The third-order valence-corrected chi connectivity index (χ3v) is 3.38. The highest BCUT2D eigenvalue weighted by Crippen LogP contribution is 2.22. The normalized spacial score (nSPS) is 13.8. The fourth-order valence-corrected chi connectivity index (χ4v) is 2.04. The lowest BCUT2D eigenvalue weighted by atomic mass is 9.86. The van der Waals surface area contributed by atoms with E-state index in [1.165, 1.54) is 11.1 Å². The zero-order valence-corrected chi connectivity index (χ0v) is 12.7. The first kappa shape index (κ1) is 16.2. The molecular formula is C16H28N2O. The van der Waals surface area contributed by atoms with Gasteiger partial charge in [0.05, 0.1) is 6.61 Å². The Morgan fingerprint density at radius 2 is 1.79 bits per heavy atom. The van der Waals surface area contributed by atoms with Gasteiger partial charge in [-0.1, -0.05) is 45.0 Å². The minimum absolute atomic E-state index is 0.0462. The molecule has 0 radical (unpaired) electrons. The molecule has 0 saturated heterocycles. The van der Waals surface area contributed by atoms with Crippen LogP contribution in [-0.2, 0) is 11.8 Å². The van der Waals surface area contributed by atoms with Crippen molar-refractivity contribution in [2.45, 2.75) is 38.6 Å². The Bertz CT molecular complexity index is 367. The van der Waals surface area contributed by atoms with Crippen LogP contribution in [0, 0.1) is 0 Å². The summed E-state index contributed by atoms with van der Waals surface area (Å²) in [5.74, 6) is 0. The highest BCUT2D eigenvalue weighted by atomic mass is 16.3. The third-order valence-electron chi connectivity index (χ3n) is 3.38. The van der Waals surface area contributed by atoms with Crippen molar-refractivity contribution in [2.24, 2.45) is 5.73 Å². The highest BCUT2D eigenvalue weighted by molar-refractivity contribution is 5.27. The summed E-state index contributed by atoms with van der Waals surface area (Å²) in [6.45, 7) is 8.42. The fraction of sp³-hybridized carbons (Fsp3) is 0.625. The number of aliphatic hydroxyl groups excluding tert-OH is 1. The zero-order chi connectivity index (χ0) is 14.5. The summed E-state index contributed by atoms with van der Waals surface area (Å²) >= 11 is 0. The van der Waals surface area contributed by atoms with Crippen LogP contribution in [0.2, 0.25) is 0 Å². The van der Waals surface area contributed by atoms with E-state index in [-0.39, 0.29) is 18.1 Å². The van der Waals surface area contributed by atoms with Crippen LogP contribution in [0.15, 0.2) is 24.3 Å². The SMILES string of the molecule is CN(CCc1ccc(C(C)(C)C)cc1)CC(N)CO. The van der Waals surface area contributed by atoms with Crippen molar-refractivity contribution >= 4 is 0 Å².